The van der Waals surface area contributed by atoms with Crippen molar-refractivity contribution in [2.45, 2.75) is 0 Å². The van der Waals surface area contributed by atoms with Crippen LogP contribution in [0.4, 0.5) is 0 Å². The zero-order valence-corrected chi connectivity index (χ0v) is 10.5. The van der Waals surface area contributed by atoms with Crippen LogP contribution in [0.25, 0.3) is 16.9 Å². The average molecular weight is 273 g/mol. The topological polar surface area (TPSA) is 54.6 Å². The molecule has 19 heavy (non-hydrogen) atoms. The fraction of sp³-hybridized carbons (Fsp3) is 0. The Balaban J connectivity index is 2.40. The van der Waals surface area contributed by atoms with Gasteiger partial charge in [0, 0.05) is 5.56 Å². The monoisotopic (exact) mass is 272 g/mol. The number of rotatable bonds is 2. The van der Waals surface area contributed by atoms with Crippen molar-refractivity contribution < 1.29 is 9.90 Å². The number of carbonyl (C=O) groups is 1. The molecule has 1 aromatic carbocycles. The molecule has 4 nitrogen and oxygen atoms in total. The SMILES string of the molecule is O=C(O)c1c(-c2ccccc2)nc2cccc(Cl)n12. The van der Waals surface area contributed by atoms with Crippen LogP contribution >= 0.6 is 11.6 Å². The van der Waals surface area contributed by atoms with Crippen molar-refractivity contribution in [1.29, 1.82) is 0 Å². The van der Waals surface area contributed by atoms with E-state index in [0.29, 0.717) is 16.5 Å². The number of hydrogen-bond donors (Lipinski definition) is 1. The van der Waals surface area contributed by atoms with Gasteiger partial charge in [0.05, 0.1) is 0 Å². The summed E-state index contributed by atoms with van der Waals surface area (Å²) in [7, 11) is 0. The molecule has 5 heteroatoms. The van der Waals surface area contributed by atoms with Crippen molar-refractivity contribution in [2.75, 3.05) is 0 Å². The molecule has 0 aliphatic carbocycles. The molecule has 0 aliphatic rings. The van der Waals surface area contributed by atoms with Crippen molar-refractivity contribution in [3.63, 3.8) is 0 Å². The lowest BCUT2D eigenvalue weighted by Gasteiger charge is -2.01. The second-order valence-corrected chi connectivity index (χ2v) is 4.41. The van der Waals surface area contributed by atoms with Crippen LogP contribution in [-0.4, -0.2) is 20.5 Å². The van der Waals surface area contributed by atoms with E-state index in [1.54, 1.807) is 18.2 Å². The zero-order valence-electron chi connectivity index (χ0n) is 9.75. The first-order chi connectivity index (χ1) is 9.18. The first-order valence-corrected chi connectivity index (χ1v) is 6.02. The lowest BCUT2D eigenvalue weighted by atomic mass is 10.1. The van der Waals surface area contributed by atoms with Crippen molar-refractivity contribution >= 4 is 23.2 Å². The molecule has 1 N–H and O–H groups in total. The van der Waals surface area contributed by atoms with Crippen molar-refractivity contribution in [3.05, 3.63) is 59.4 Å². The van der Waals surface area contributed by atoms with E-state index < -0.39 is 5.97 Å². The molecule has 0 fully saturated rings. The minimum absolute atomic E-state index is 0.0757. The number of carboxylic acid groups (broad SMARTS) is 1. The van der Waals surface area contributed by atoms with Gasteiger partial charge in [0.1, 0.15) is 16.5 Å². The van der Waals surface area contributed by atoms with Gasteiger partial charge in [0.15, 0.2) is 5.69 Å². The molecule has 0 spiro atoms. The minimum atomic E-state index is -1.06. The predicted molar refractivity (Wildman–Crippen MR) is 72.6 cm³/mol. The predicted octanol–water partition coefficient (Wildman–Crippen LogP) is 3.35. The standard InChI is InChI=1S/C14H9ClN2O2/c15-10-7-4-8-11-16-12(9-5-2-1-3-6-9)13(14(18)19)17(10)11/h1-8H,(H,18,19). The molecule has 3 aromatic rings. The molecule has 0 unspecified atom stereocenters. The van der Waals surface area contributed by atoms with Gasteiger partial charge < -0.3 is 5.11 Å². The maximum absolute atomic E-state index is 11.5. The van der Waals surface area contributed by atoms with E-state index in [0.717, 1.165) is 5.56 Å². The molecule has 3 rings (SSSR count). The van der Waals surface area contributed by atoms with Gasteiger partial charge in [0.2, 0.25) is 0 Å². The summed E-state index contributed by atoms with van der Waals surface area (Å²) in [5.74, 6) is -1.06. The van der Waals surface area contributed by atoms with E-state index >= 15 is 0 Å². The quantitative estimate of drug-likeness (QED) is 0.728. The first kappa shape index (κ1) is 11.7. The number of benzene rings is 1. The molecule has 0 saturated heterocycles. The number of carboxylic acids is 1. The third kappa shape index (κ3) is 1.86. The van der Waals surface area contributed by atoms with Crippen LogP contribution in [-0.2, 0) is 0 Å². The summed E-state index contributed by atoms with van der Waals surface area (Å²) in [6.45, 7) is 0. The molecule has 2 heterocycles. The van der Waals surface area contributed by atoms with Gasteiger partial charge in [-0.2, -0.15) is 0 Å². The molecule has 0 amide bonds. The third-order valence-corrected chi connectivity index (χ3v) is 3.14. The Kier molecular flexibility index (Phi) is 2.72. The number of imidazole rings is 1. The molecular weight excluding hydrogens is 264 g/mol. The number of aromatic carboxylic acids is 1. The van der Waals surface area contributed by atoms with Crippen molar-refractivity contribution in [3.8, 4) is 11.3 Å². The van der Waals surface area contributed by atoms with E-state index in [1.165, 1.54) is 4.40 Å². The maximum Gasteiger partial charge on any atom is 0.355 e. The van der Waals surface area contributed by atoms with Gasteiger partial charge in [0.25, 0.3) is 0 Å². The third-order valence-electron chi connectivity index (χ3n) is 2.85. The highest BCUT2D eigenvalue weighted by Crippen LogP contribution is 2.26. The Bertz CT molecular complexity index is 766. The first-order valence-electron chi connectivity index (χ1n) is 5.64. The number of pyridine rings is 1. The van der Waals surface area contributed by atoms with Crippen LogP contribution < -0.4 is 0 Å². The molecule has 0 saturated carbocycles. The van der Waals surface area contributed by atoms with Gasteiger partial charge in [-0.1, -0.05) is 48.0 Å². The van der Waals surface area contributed by atoms with E-state index in [4.69, 9.17) is 11.6 Å². The minimum Gasteiger partial charge on any atom is -0.476 e. The number of halogens is 1. The summed E-state index contributed by atoms with van der Waals surface area (Å²) in [5.41, 5.74) is 1.76. The summed E-state index contributed by atoms with van der Waals surface area (Å²) in [6.07, 6.45) is 0. The molecule has 94 valence electrons. The van der Waals surface area contributed by atoms with Crippen LogP contribution in [0.3, 0.4) is 0 Å². The lowest BCUT2D eigenvalue weighted by Crippen LogP contribution is -2.04. The van der Waals surface area contributed by atoms with Gasteiger partial charge in [-0.3, -0.25) is 4.40 Å². The summed E-state index contributed by atoms with van der Waals surface area (Å²) < 4.78 is 1.44. The summed E-state index contributed by atoms with van der Waals surface area (Å²) >= 11 is 6.07. The number of nitrogens with zero attached hydrogens (tertiary/aromatic N) is 2. The molecule has 0 radical (unpaired) electrons. The van der Waals surface area contributed by atoms with Crippen LogP contribution in [0, 0.1) is 0 Å². The Morgan fingerprint density at radius 1 is 1.11 bits per heavy atom. The molecular formula is C14H9ClN2O2. The van der Waals surface area contributed by atoms with Gasteiger partial charge >= 0.3 is 5.97 Å². The van der Waals surface area contributed by atoms with Crippen molar-refractivity contribution in [2.24, 2.45) is 0 Å². The van der Waals surface area contributed by atoms with Crippen LogP contribution in [0.5, 0.6) is 0 Å². The zero-order chi connectivity index (χ0) is 13.4. The Hall–Kier alpha value is -2.33. The second-order valence-electron chi connectivity index (χ2n) is 4.02. The number of aromatic nitrogens is 2. The summed E-state index contributed by atoms with van der Waals surface area (Å²) in [4.78, 5) is 15.9. The Morgan fingerprint density at radius 2 is 1.84 bits per heavy atom. The number of hydrogen-bond acceptors (Lipinski definition) is 2. The van der Waals surface area contributed by atoms with Crippen LogP contribution in [0.15, 0.2) is 48.5 Å². The molecule has 0 bridgehead atoms. The summed E-state index contributed by atoms with van der Waals surface area (Å²) in [6, 6.07) is 14.3. The number of fused-ring (bicyclic) bond motifs is 1. The lowest BCUT2D eigenvalue weighted by molar-refractivity contribution is 0.0690. The normalized spacial score (nSPS) is 10.8. The van der Waals surface area contributed by atoms with Gasteiger partial charge in [-0.05, 0) is 12.1 Å². The van der Waals surface area contributed by atoms with E-state index in [-0.39, 0.29) is 5.69 Å². The van der Waals surface area contributed by atoms with Crippen LogP contribution in [0.1, 0.15) is 10.5 Å². The molecule has 0 aliphatic heterocycles. The molecule has 2 aromatic heterocycles. The highest BCUT2D eigenvalue weighted by Gasteiger charge is 2.20. The highest BCUT2D eigenvalue weighted by molar-refractivity contribution is 6.30. The molecule has 0 atom stereocenters. The largest absolute Gasteiger partial charge is 0.476 e. The summed E-state index contributed by atoms with van der Waals surface area (Å²) in [5, 5.41) is 9.74. The van der Waals surface area contributed by atoms with E-state index in [1.807, 2.05) is 30.3 Å². The maximum atomic E-state index is 11.5. The van der Waals surface area contributed by atoms with E-state index in [9.17, 15) is 9.90 Å². The smallest absolute Gasteiger partial charge is 0.355 e. The fourth-order valence-corrected chi connectivity index (χ4v) is 2.29. The van der Waals surface area contributed by atoms with Crippen LogP contribution in [0.2, 0.25) is 5.15 Å². The Morgan fingerprint density at radius 3 is 2.53 bits per heavy atom. The van der Waals surface area contributed by atoms with Gasteiger partial charge in [-0.25, -0.2) is 9.78 Å². The average Bonchev–Trinajstić information content (AvgIpc) is 2.81. The Labute approximate surface area is 113 Å². The van der Waals surface area contributed by atoms with E-state index in [2.05, 4.69) is 4.98 Å². The van der Waals surface area contributed by atoms with Gasteiger partial charge in [-0.15, -0.1) is 0 Å². The van der Waals surface area contributed by atoms with Crippen molar-refractivity contribution in [1.82, 2.24) is 9.38 Å². The highest BCUT2D eigenvalue weighted by atomic mass is 35.5. The second kappa shape index (κ2) is 4.40. The fourth-order valence-electron chi connectivity index (χ4n) is 2.05.